The summed E-state index contributed by atoms with van der Waals surface area (Å²) in [6.07, 6.45) is 1.26. The van der Waals surface area contributed by atoms with Gasteiger partial charge in [-0.05, 0) is 18.2 Å². The van der Waals surface area contributed by atoms with Gasteiger partial charge in [0.05, 0.1) is 16.3 Å². The topological polar surface area (TPSA) is 59.3 Å². The maximum absolute atomic E-state index is 11.7. The number of carboxylic acids is 1. The molecule has 0 amide bonds. The quantitative estimate of drug-likeness (QED) is 0.888. The second kappa shape index (κ2) is 4.43. The van der Waals surface area contributed by atoms with Crippen LogP contribution in [0.1, 0.15) is 10.4 Å². The average Bonchev–Trinajstić information content (AvgIpc) is 2.30. The lowest BCUT2D eigenvalue weighted by atomic mass is 10.2. The lowest BCUT2D eigenvalue weighted by molar-refractivity contribution is 0.0696. The molecule has 0 radical (unpaired) electrons. The highest BCUT2D eigenvalue weighted by molar-refractivity contribution is 6.32. The summed E-state index contributed by atoms with van der Waals surface area (Å²) >= 11 is 5.96. The molecule has 17 heavy (non-hydrogen) atoms. The largest absolute Gasteiger partial charge is 0.478 e. The molecule has 0 saturated carbocycles. The van der Waals surface area contributed by atoms with Crippen LogP contribution in [0.5, 0.6) is 0 Å². The molecule has 2 aromatic rings. The Morgan fingerprint density at radius 1 is 1.18 bits per heavy atom. The van der Waals surface area contributed by atoms with E-state index in [1.165, 1.54) is 22.9 Å². The van der Waals surface area contributed by atoms with Gasteiger partial charge in [0.2, 0.25) is 0 Å². The van der Waals surface area contributed by atoms with Crippen molar-refractivity contribution >= 4 is 17.6 Å². The van der Waals surface area contributed by atoms with E-state index in [0.717, 1.165) is 0 Å². The number of para-hydroxylation sites is 1. The first-order valence-corrected chi connectivity index (χ1v) is 5.18. The Bertz CT molecular complexity index is 634. The molecule has 0 saturated heterocycles. The first-order chi connectivity index (χ1) is 8.09. The number of pyridine rings is 1. The maximum atomic E-state index is 11.7. The third-order valence-electron chi connectivity index (χ3n) is 2.27. The minimum absolute atomic E-state index is 0.0320. The molecular weight excluding hydrogens is 242 g/mol. The van der Waals surface area contributed by atoms with Gasteiger partial charge in [-0.3, -0.25) is 9.36 Å². The summed E-state index contributed by atoms with van der Waals surface area (Å²) in [6, 6.07) is 9.20. The number of hydrogen-bond acceptors (Lipinski definition) is 2. The van der Waals surface area contributed by atoms with E-state index < -0.39 is 5.97 Å². The Morgan fingerprint density at radius 3 is 2.53 bits per heavy atom. The van der Waals surface area contributed by atoms with Gasteiger partial charge in [-0.2, -0.15) is 0 Å². The molecule has 0 aliphatic rings. The van der Waals surface area contributed by atoms with Gasteiger partial charge in [-0.1, -0.05) is 23.7 Å². The highest BCUT2D eigenvalue weighted by atomic mass is 35.5. The van der Waals surface area contributed by atoms with Gasteiger partial charge in [0.15, 0.2) is 0 Å². The van der Waals surface area contributed by atoms with Crippen molar-refractivity contribution in [3.63, 3.8) is 0 Å². The number of carbonyl (C=O) groups is 1. The molecule has 86 valence electrons. The van der Waals surface area contributed by atoms with Crippen LogP contribution in [-0.2, 0) is 0 Å². The van der Waals surface area contributed by atoms with Crippen molar-refractivity contribution in [1.82, 2.24) is 4.57 Å². The molecule has 2 rings (SSSR count). The summed E-state index contributed by atoms with van der Waals surface area (Å²) in [6.45, 7) is 0. The predicted molar refractivity (Wildman–Crippen MR) is 64.0 cm³/mol. The Morgan fingerprint density at radius 2 is 1.88 bits per heavy atom. The minimum atomic E-state index is -1.09. The van der Waals surface area contributed by atoms with Crippen LogP contribution in [0.15, 0.2) is 47.4 Å². The monoisotopic (exact) mass is 249 g/mol. The number of halogens is 1. The van der Waals surface area contributed by atoms with E-state index in [1.54, 1.807) is 24.3 Å². The number of benzene rings is 1. The smallest absolute Gasteiger partial charge is 0.337 e. The molecule has 5 heteroatoms. The number of rotatable bonds is 2. The summed E-state index contributed by atoms with van der Waals surface area (Å²) in [7, 11) is 0. The molecule has 1 aromatic carbocycles. The minimum Gasteiger partial charge on any atom is -0.478 e. The Labute approximate surface area is 102 Å². The van der Waals surface area contributed by atoms with E-state index >= 15 is 0 Å². The molecule has 0 unspecified atom stereocenters. The second-order valence-electron chi connectivity index (χ2n) is 3.38. The van der Waals surface area contributed by atoms with Gasteiger partial charge in [-0.15, -0.1) is 0 Å². The molecule has 1 N–H and O–H groups in total. The van der Waals surface area contributed by atoms with E-state index in [0.29, 0.717) is 10.7 Å². The molecule has 0 spiro atoms. The number of aromatic nitrogens is 1. The Hall–Kier alpha value is -2.07. The van der Waals surface area contributed by atoms with Gasteiger partial charge in [-0.25, -0.2) is 4.79 Å². The van der Waals surface area contributed by atoms with Crippen molar-refractivity contribution in [2.45, 2.75) is 0 Å². The van der Waals surface area contributed by atoms with Crippen LogP contribution in [0.2, 0.25) is 5.02 Å². The van der Waals surface area contributed by atoms with Crippen LogP contribution in [-0.4, -0.2) is 15.6 Å². The Kier molecular flexibility index (Phi) is 2.97. The van der Waals surface area contributed by atoms with Crippen molar-refractivity contribution in [2.24, 2.45) is 0 Å². The van der Waals surface area contributed by atoms with Crippen LogP contribution in [0.25, 0.3) is 5.69 Å². The van der Waals surface area contributed by atoms with Gasteiger partial charge < -0.3 is 5.11 Å². The molecule has 4 nitrogen and oxygen atoms in total. The van der Waals surface area contributed by atoms with Crippen molar-refractivity contribution < 1.29 is 9.90 Å². The average molecular weight is 250 g/mol. The number of nitrogens with zero attached hydrogens (tertiary/aromatic N) is 1. The van der Waals surface area contributed by atoms with Gasteiger partial charge in [0.1, 0.15) is 0 Å². The lowest BCUT2D eigenvalue weighted by Crippen LogP contribution is -2.18. The SMILES string of the molecule is O=C(O)c1ccc(=O)n(-c2ccccc2Cl)c1. The third-order valence-corrected chi connectivity index (χ3v) is 2.59. The van der Waals surface area contributed by atoms with Crippen molar-refractivity contribution in [3.8, 4) is 5.69 Å². The lowest BCUT2D eigenvalue weighted by Gasteiger charge is -2.07. The van der Waals surface area contributed by atoms with E-state index in [9.17, 15) is 9.59 Å². The van der Waals surface area contributed by atoms with Crippen LogP contribution in [0.3, 0.4) is 0 Å². The molecule has 0 aliphatic heterocycles. The maximum Gasteiger partial charge on any atom is 0.337 e. The highest BCUT2D eigenvalue weighted by Crippen LogP contribution is 2.18. The zero-order valence-corrected chi connectivity index (χ0v) is 9.39. The third kappa shape index (κ3) is 2.21. The number of hydrogen-bond donors (Lipinski definition) is 1. The van der Waals surface area contributed by atoms with Crippen LogP contribution in [0, 0.1) is 0 Å². The van der Waals surface area contributed by atoms with Gasteiger partial charge in [0.25, 0.3) is 5.56 Å². The first-order valence-electron chi connectivity index (χ1n) is 4.80. The fourth-order valence-corrected chi connectivity index (χ4v) is 1.68. The summed E-state index contributed by atoms with van der Waals surface area (Å²) in [5.74, 6) is -1.09. The second-order valence-corrected chi connectivity index (χ2v) is 3.79. The van der Waals surface area contributed by atoms with Gasteiger partial charge >= 0.3 is 5.97 Å². The molecule has 1 heterocycles. The Balaban J connectivity index is 2.67. The molecule has 0 fully saturated rings. The zero-order valence-electron chi connectivity index (χ0n) is 8.63. The summed E-state index contributed by atoms with van der Waals surface area (Å²) in [5.41, 5.74) is 0.162. The summed E-state index contributed by atoms with van der Waals surface area (Å²) in [4.78, 5) is 22.5. The van der Waals surface area contributed by atoms with Crippen LogP contribution < -0.4 is 5.56 Å². The van der Waals surface area contributed by atoms with E-state index in [1.807, 2.05) is 0 Å². The van der Waals surface area contributed by atoms with E-state index in [-0.39, 0.29) is 11.1 Å². The van der Waals surface area contributed by atoms with Crippen molar-refractivity contribution in [2.75, 3.05) is 0 Å². The fourth-order valence-electron chi connectivity index (χ4n) is 1.45. The molecule has 1 aromatic heterocycles. The van der Waals surface area contributed by atoms with Crippen molar-refractivity contribution in [3.05, 3.63) is 63.5 Å². The van der Waals surface area contributed by atoms with E-state index in [2.05, 4.69) is 0 Å². The zero-order chi connectivity index (χ0) is 12.4. The first kappa shape index (κ1) is 11.4. The number of carboxylic acid groups (broad SMARTS) is 1. The normalized spacial score (nSPS) is 10.2. The molecular formula is C12H8ClNO3. The fraction of sp³-hybridized carbons (Fsp3) is 0. The van der Waals surface area contributed by atoms with E-state index in [4.69, 9.17) is 16.7 Å². The van der Waals surface area contributed by atoms with Gasteiger partial charge in [0, 0.05) is 12.3 Å². The number of aromatic carboxylic acids is 1. The molecule has 0 aliphatic carbocycles. The molecule has 0 atom stereocenters. The standard InChI is InChI=1S/C12H8ClNO3/c13-9-3-1-2-4-10(9)14-7-8(12(16)17)5-6-11(14)15/h1-7H,(H,16,17). The summed E-state index contributed by atoms with van der Waals surface area (Å²) in [5, 5.41) is 9.25. The van der Waals surface area contributed by atoms with Crippen molar-refractivity contribution in [1.29, 1.82) is 0 Å². The summed E-state index contributed by atoms with van der Waals surface area (Å²) < 4.78 is 1.21. The molecule has 0 bridgehead atoms. The predicted octanol–water partition coefficient (Wildman–Crippen LogP) is 2.19. The highest BCUT2D eigenvalue weighted by Gasteiger charge is 2.08. The van der Waals surface area contributed by atoms with Crippen LogP contribution in [0.4, 0.5) is 0 Å². The van der Waals surface area contributed by atoms with Crippen LogP contribution >= 0.6 is 11.6 Å².